The van der Waals surface area contributed by atoms with Crippen LogP contribution in [0.2, 0.25) is 0 Å². The van der Waals surface area contributed by atoms with Gasteiger partial charge in [0, 0.05) is 38.6 Å². The topological polar surface area (TPSA) is 126 Å². The normalized spacial score (nSPS) is 11.5. The van der Waals surface area contributed by atoms with Crippen molar-refractivity contribution in [1.29, 1.82) is 21.0 Å². The van der Waals surface area contributed by atoms with Crippen molar-refractivity contribution in [3.8, 4) is 108 Å². The van der Waals surface area contributed by atoms with Gasteiger partial charge in [-0.15, -0.1) is 0 Å². The summed E-state index contributed by atoms with van der Waals surface area (Å²) in [5.74, 6) is 0.371. The molecule has 0 saturated heterocycles. The first-order chi connectivity index (χ1) is 37.2. The van der Waals surface area contributed by atoms with E-state index in [2.05, 4.69) is 24.3 Å². The van der Waals surface area contributed by atoms with Crippen molar-refractivity contribution in [2.75, 3.05) is 0 Å². The Bertz CT molecular complexity index is 4060. The molecule has 77 heavy (non-hydrogen) atoms. The number of benzene rings is 9. The van der Waals surface area contributed by atoms with Crippen molar-refractivity contribution in [3.63, 3.8) is 0 Å². The van der Waals surface area contributed by atoms with Gasteiger partial charge in [0.2, 0.25) is 0 Å². The third-order valence-corrected chi connectivity index (χ3v) is 13.4. The monoisotopic (exact) mass is 1010 g/mol. The minimum atomic E-state index is -4.68. The highest BCUT2D eigenvalue weighted by molar-refractivity contribution is 6.13. The Kier molecular flexibility index (Phi) is 12.2. The highest BCUT2D eigenvalue weighted by Gasteiger charge is 2.32. The molecule has 0 aliphatic carbocycles. The first-order valence-electron chi connectivity index (χ1n) is 23.7. The van der Waals surface area contributed by atoms with Crippen molar-refractivity contribution in [1.82, 2.24) is 14.5 Å². The summed E-state index contributed by atoms with van der Waals surface area (Å²) in [6, 6.07) is 62.6. The zero-order valence-corrected chi connectivity index (χ0v) is 40.0. The molecule has 2 heterocycles. The Hall–Kier alpha value is -10.6. The highest BCUT2D eigenvalue weighted by Crippen LogP contribution is 2.47. The van der Waals surface area contributed by atoms with E-state index in [1.54, 1.807) is 42.5 Å². The first-order valence-corrected chi connectivity index (χ1v) is 23.7. The van der Waals surface area contributed by atoms with Gasteiger partial charge in [0.25, 0.3) is 0 Å². The molecular formula is C64H33F6N7. The number of halogens is 6. The summed E-state index contributed by atoms with van der Waals surface area (Å²) in [7, 11) is 0. The van der Waals surface area contributed by atoms with Crippen LogP contribution in [0.25, 0.3) is 106 Å². The maximum Gasteiger partial charge on any atom is 0.416 e. The molecule has 366 valence electrons. The molecular weight excluding hydrogens is 981 g/mol. The van der Waals surface area contributed by atoms with E-state index in [-0.39, 0.29) is 22.3 Å². The molecule has 7 nitrogen and oxygen atoms in total. The van der Waals surface area contributed by atoms with Crippen molar-refractivity contribution < 1.29 is 26.3 Å². The lowest BCUT2D eigenvalue weighted by atomic mass is 9.90. The van der Waals surface area contributed by atoms with Gasteiger partial charge in [-0.3, -0.25) is 0 Å². The fourth-order valence-corrected chi connectivity index (χ4v) is 9.72. The van der Waals surface area contributed by atoms with E-state index in [0.717, 1.165) is 29.8 Å². The molecule has 9 aromatic carbocycles. The number of hydrogen-bond acceptors (Lipinski definition) is 6. The number of fused-ring (bicyclic) bond motifs is 3. The molecule has 0 fully saturated rings. The van der Waals surface area contributed by atoms with Gasteiger partial charge in [-0.25, -0.2) is 9.97 Å². The van der Waals surface area contributed by atoms with Crippen LogP contribution in [0.5, 0.6) is 0 Å². The van der Waals surface area contributed by atoms with Crippen LogP contribution in [0, 0.1) is 45.3 Å². The predicted octanol–water partition coefficient (Wildman–Crippen LogP) is 16.8. The number of hydrogen-bond donors (Lipinski definition) is 0. The van der Waals surface area contributed by atoms with Crippen LogP contribution in [-0.4, -0.2) is 14.5 Å². The van der Waals surface area contributed by atoms with Crippen LogP contribution in [0.4, 0.5) is 26.3 Å². The fourth-order valence-electron chi connectivity index (χ4n) is 9.72. The van der Waals surface area contributed by atoms with Crippen LogP contribution in [0.3, 0.4) is 0 Å². The Balaban J connectivity index is 1.28. The van der Waals surface area contributed by atoms with Gasteiger partial charge in [-0.1, -0.05) is 109 Å². The number of alkyl halides is 6. The van der Waals surface area contributed by atoms with Crippen molar-refractivity contribution in [2.45, 2.75) is 12.4 Å². The largest absolute Gasteiger partial charge is 0.416 e. The summed E-state index contributed by atoms with van der Waals surface area (Å²) < 4.78 is 87.9. The molecule has 0 bridgehead atoms. The summed E-state index contributed by atoms with van der Waals surface area (Å²) in [5.41, 5.74) is 7.37. The van der Waals surface area contributed by atoms with E-state index in [4.69, 9.17) is 9.97 Å². The van der Waals surface area contributed by atoms with Gasteiger partial charge in [0.05, 0.1) is 85.8 Å². The molecule has 0 aliphatic heterocycles. The SMILES string of the molecule is N#Cc1ccc(-c2ccc3c(c2)c2cc(-c4ccc(C#N)cc4C#N)ccc2n3-c2c(-c3ccc(C(F)(F)F)cc3)cc(-c3cc(-c4ccccc4)nc(-c4ccccc4)n3)cc2-c2ccc(C(F)(F)F)cc2)c(C#N)c1. The zero-order chi connectivity index (χ0) is 53.6. The van der Waals surface area contributed by atoms with Crippen LogP contribution in [0.1, 0.15) is 33.4 Å². The van der Waals surface area contributed by atoms with Crippen molar-refractivity contribution >= 4 is 21.8 Å². The van der Waals surface area contributed by atoms with E-state index < -0.39 is 23.5 Å². The second kappa shape index (κ2) is 19.3. The molecule has 0 saturated carbocycles. The Morgan fingerprint density at radius 2 is 0.766 bits per heavy atom. The first kappa shape index (κ1) is 48.7. The molecule has 0 aliphatic rings. The summed E-state index contributed by atoms with van der Waals surface area (Å²) in [6.07, 6.45) is -9.36. The van der Waals surface area contributed by atoms with Gasteiger partial charge in [0.15, 0.2) is 5.82 Å². The van der Waals surface area contributed by atoms with Gasteiger partial charge in [-0.2, -0.15) is 47.4 Å². The van der Waals surface area contributed by atoms with Crippen LogP contribution in [-0.2, 0) is 12.4 Å². The Morgan fingerprint density at radius 1 is 0.351 bits per heavy atom. The minimum absolute atomic E-state index is 0.240. The average molecular weight is 1010 g/mol. The lowest BCUT2D eigenvalue weighted by molar-refractivity contribution is -0.138. The molecule has 0 amide bonds. The highest BCUT2D eigenvalue weighted by atomic mass is 19.4. The lowest BCUT2D eigenvalue weighted by Gasteiger charge is -2.22. The van der Waals surface area contributed by atoms with E-state index in [0.29, 0.717) is 100 Å². The summed E-state index contributed by atoms with van der Waals surface area (Å²) in [5, 5.41) is 41.2. The number of nitriles is 4. The summed E-state index contributed by atoms with van der Waals surface area (Å²) >= 11 is 0. The molecule has 13 heteroatoms. The Labute approximate surface area is 436 Å². The second-order valence-electron chi connectivity index (χ2n) is 18.0. The van der Waals surface area contributed by atoms with E-state index >= 15 is 0 Å². The van der Waals surface area contributed by atoms with Crippen molar-refractivity contribution in [2.24, 2.45) is 0 Å². The fraction of sp³-hybridized carbons (Fsp3) is 0.0312. The number of rotatable bonds is 8. The van der Waals surface area contributed by atoms with Gasteiger partial charge in [0.1, 0.15) is 0 Å². The van der Waals surface area contributed by atoms with E-state index in [9.17, 15) is 47.4 Å². The standard InChI is InChI=1S/C64H33F6N7/c65-63(66,67)49-19-13-40(14-20-49)53-31-46(58-33-57(42-7-3-1-4-8-42)75-62(76-58)43-9-5-2-6-10-43)32-54(41-15-21-50(22-16-41)64(68,69)70)61(53)77-59-25-17-44(51-23-11-38(34-71)27-47(51)36-73)29-55(59)56-30-45(18-26-60(56)77)52-24-12-39(35-72)28-48(52)37-74/h1-33H. The summed E-state index contributed by atoms with van der Waals surface area (Å²) in [6.45, 7) is 0. The summed E-state index contributed by atoms with van der Waals surface area (Å²) in [4.78, 5) is 10.0. The maximum atomic E-state index is 14.3. The predicted molar refractivity (Wildman–Crippen MR) is 283 cm³/mol. The second-order valence-corrected chi connectivity index (χ2v) is 18.0. The third-order valence-electron chi connectivity index (χ3n) is 13.4. The van der Waals surface area contributed by atoms with E-state index in [1.807, 2.05) is 102 Å². The smallest absolute Gasteiger partial charge is 0.308 e. The molecule has 11 aromatic rings. The molecule has 2 aromatic heterocycles. The molecule has 0 spiro atoms. The minimum Gasteiger partial charge on any atom is -0.308 e. The van der Waals surface area contributed by atoms with Crippen LogP contribution in [0.15, 0.2) is 200 Å². The molecule has 0 radical (unpaired) electrons. The molecule has 11 rings (SSSR count). The zero-order valence-electron chi connectivity index (χ0n) is 40.0. The van der Waals surface area contributed by atoms with Crippen LogP contribution < -0.4 is 0 Å². The molecule has 0 unspecified atom stereocenters. The molecule has 0 atom stereocenters. The van der Waals surface area contributed by atoms with Gasteiger partial charge >= 0.3 is 12.4 Å². The Morgan fingerprint density at radius 3 is 1.18 bits per heavy atom. The van der Waals surface area contributed by atoms with Crippen LogP contribution >= 0.6 is 0 Å². The van der Waals surface area contributed by atoms with Gasteiger partial charge in [-0.05, 0) is 124 Å². The van der Waals surface area contributed by atoms with Gasteiger partial charge < -0.3 is 4.57 Å². The third kappa shape index (κ3) is 9.16. The number of nitrogens with zero attached hydrogens (tertiary/aromatic N) is 7. The lowest BCUT2D eigenvalue weighted by Crippen LogP contribution is -2.06. The number of aromatic nitrogens is 3. The average Bonchev–Trinajstić information content (AvgIpc) is 3.99. The molecule has 0 N–H and O–H groups in total. The quantitative estimate of drug-likeness (QED) is 0.140. The van der Waals surface area contributed by atoms with E-state index in [1.165, 1.54) is 36.4 Å². The van der Waals surface area contributed by atoms with Crippen molar-refractivity contribution in [3.05, 3.63) is 234 Å². The maximum absolute atomic E-state index is 14.3.